The van der Waals surface area contributed by atoms with E-state index in [4.69, 9.17) is 4.74 Å². The number of hydrogen-bond acceptors (Lipinski definition) is 7. The van der Waals surface area contributed by atoms with Crippen molar-refractivity contribution < 1.29 is 14.6 Å². The Bertz CT molecular complexity index is 829. The van der Waals surface area contributed by atoms with Crippen LogP contribution in [0.5, 0.6) is 0 Å². The smallest absolute Gasteiger partial charge is 0.242 e. The second-order valence-corrected chi connectivity index (χ2v) is 8.49. The number of piperidine rings is 1. The topological polar surface area (TPSA) is 110 Å². The third kappa shape index (κ3) is 4.34. The van der Waals surface area contributed by atoms with Gasteiger partial charge in [0.05, 0.1) is 24.3 Å². The molecule has 0 radical (unpaired) electrons. The van der Waals surface area contributed by atoms with Gasteiger partial charge in [-0.2, -0.15) is 5.10 Å². The van der Waals surface area contributed by atoms with Crippen molar-refractivity contribution in [3.8, 4) is 0 Å². The normalized spacial score (nSPS) is 27.2. The second-order valence-electron chi connectivity index (χ2n) is 8.49. The van der Waals surface area contributed by atoms with Gasteiger partial charge >= 0.3 is 0 Å². The third-order valence-electron chi connectivity index (χ3n) is 6.20. The van der Waals surface area contributed by atoms with Crippen LogP contribution >= 0.6 is 0 Å². The molecule has 0 aliphatic carbocycles. The molecule has 2 aliphatic rings. The molecule has 2 saturated heterocycles. The molecule has 2 aliphatic heterocycles. The minimum absolute atomic E-state index is 0.134. The van der Waals surface area contributed by atoms with E-state index in [-0.39, 0.29) is 24.7 Å². The van der Waals surface area contributed by atoms with Crippen LogP contribution < -0.4 is 5.32 Å². The van der Waals surface area contributed by atoms with Crippen LogP contribution in [0, 0.1) is 0 Å². The molecule has 0 aromatic carbocycles. The lowest BCUT2D eigenvalue weighted by molar-refractivity contribution is -0.182. The zero-order valence-electron chi connectivity index (χ0n) is 17.0. The zero-order chi connectivity index (χ0) is 20.5. The fourth-order valence-corrected chi connectivity index (χ4v) is 4.39. The predicted octanol–water partition coefficient (Wildman–Crippen LogP) is -0.297. The number of amides is 1. The van der Waals surface area contributed by atoms with Crippen molar-refractivity contribution in [1.82, 2.24) is 34.8 Å². The summed E-state index contributed by atoms with van der Waals surface area (Å²) in [5.74, 6) is 0.781. The van der Waals surface area contributed by atoms with E-state index in [0.717, 1.165) is 38.3 Å². The lowest BCUT2D eigenvalue weighted by atomic mass is 9.74. The van der Waals surface area contributed by atoms with Gasteiger partial charge in [-0.05, 0) is 25.8 Å². The monoisotopic (exact) mass is 403 g/mol. The number of likely N-dealkylation sites (tertiary alicyclic amines) is 1. The van der Waals surface area contributed by atoms with Gasteiger partial charge in [0.15, 0.2) is 0 Å². The highest BCUT2D eigenvalue weighted by atomic mass is 16.5. The Kier molecular flexibility index (Phi) is 5.41. The fraction of sp³-hybridized carbons (Fsp3) is 0.684. The highest BCUT2D eigenvalue weighted by molar-refractivity contribution is 5.76. The number of aliphatic hydroxyl groups excluding tert-OH is 1. The number of ether oxygens (including phenoxy) is 1. The van der Waals surface area contributed by atoms with Crippen LogP contribution in [0.1, 0.15) is 32.0 Å². The Balaban J connectivity index is 1.36. The van der Waals surface area contributed by atoms with E-state index in [1.54, 1.807) is 29.5 Å². The molecule has 0 saturated carbocycles. The summed E-state index contributed by atoms with van der Waals surface area (Å²) >= 11 is 0. The Labute approximate surface area is 169 Å². The number of aromatic nitrogens is 5. The van der Waals surface area contributed by atoms with Crippen molar-refractivity contribution in [2.24, 2.45) is 7.05 Å². The van der Waals surface area contributed by atoms with Crippen LogP contribution in [0.25, 0.3) is 0 Å². The molecule has 4 heterocycles. The van der Waals surface area contributed by atoms with Crippen molar-refractivity contribution in [3.05, 3.63) is 30.6 Å². The Morgan fingerprint density at radius 3 is 2.86 bits per heavy atom. The van der Waals surface area contributed by atoms with Gasteiger partial charge in [-0.1, -0.05) is 0 Å². The van der Waals surface area contributed by atoms with E-state index in [0.29, 0.717) is 6.42 Å². The van der Waals surface area contributed by atoms with Crippen LogP contribution in [0.2, 0.25) is 0 Å². The quantitative estimate of drug-likeness (QED) is 0.705. The van der Waals surface area contributed by atoms with Crippen LogP contribution in [0.15, 0.2) is 24.8 Å². The molecule has 2 aromatic heterocycles. The summed E-state index contributed by atoms with van der Waals surface area (Å²) in [5.41, 5.74) is -1.06. The van der Waals surface area contributed by atoms with Gasteiger partial charge in [0.25, 0.3) is 0 Å². The van der Waals surface area contributed by atoms with E-state index in [1.807, 2.05) is 18.5 Å². The van der Waals surface area contributed by atoms with Crippen molar-refractivity contribution in [2.45, 2.75) is 56.5 Å². The minimum Gasteiger partial charge on any atom is -0.388 e. The number of aliphatic hydroxyl groups is 1. The average Bonchev–Trinajstić information content (AvgIpc) is 3.33. The molecule has 2 aromatic rings. The molecule has 0 unspecified atom stereocenters. The van der Waals surface area contributed by atoms with Gasteiger partial charge < -0.3 is 19.7 Å². The van der Waals surface area contributed by atoms with Crippen LogP contribution in [-0.4, -0.2) is 77.4 Å². The Morgan fingerprint density at radius 2 is 2.21 bits per heavy atom. The Morgan fingerprint density at radius 1 is 1.41 bits per heavy atom. The first-order valence-corrected chi connectivity index (χ1v) is 10.0. The molecule has 29 heavy (non-hydrogen) atoms. The molecule has 158 valence electrons. The second kappa shape index (κ2) is 7.85. The SMILES string of the molecule is Cn1cnnc1CN1CCC2(CC1)C[C@@](C)(NC(=O)Cn1cccn1)[C@H](O)CO2. The summed E-state index contributed by atoms with van der Waals surface area (Å²) < 4.78 is 9.64. The maximum atomic E-state index is 12.5. The molecule has 10 nitrogen and oxygen atoms in total. The summed E-state index contributed by atoms with van der Waals surface area (Å²) in [7, 11) is 1.95. The molecule has 0 bridgehead atoms. The van der Waals surface area contributed by atoms with Gasteiger partial charge in [0.1, 0.15) is 24.8 Å². The molecule has 4 rings (SSSR count). The lowest BCUT2D eigenvalue weighted by Gasteiger charge is -2.52. The van der Waals surface area contributed by atoms with E-state index in [2.05, 4.69) is 25.5 Å². The van der Waals surface area contributed by atoms with E-state index < -0.39 is 11.6 Å². The van der Waals surface area contributed by atoms with Gasteiger partial charge in [0, 0.05) is 39.0 Å². The van der Waals surface area contributed by atoms with Crippen LogP contribution in [0.4, 0.5) is 0 Å². The molecule has 2 atom stereocenters. The van der Waals surface area contributed by atoms with Crippen molar-refractivity contribution in [2.75, 3.05) is 19.7 Å². The van der Waals surface area contributed by atoms with Gasteiger partial charge in [0.2, 0.25) is 5.91 Å². The molecule has 2 N–H and O–H groups in total. The van der Waals surface area contributed by atoms with E-state index in [9.17, 15) is 9.90 Å². The largest absolute Gasteiger partial charge is 0.388 e. The van der Waals surface area contributed by atoms with Gasteiger partial charge in [-0.25, -0.2) is 0 Å². The maximum absolute atomic E-state index is 12.5. The van der Waals surface area contributed by atoms with E-state index >= 15 is 0 Å². The molecule has 2 fully saturated rings. The average molecular weight is 403 g/mol. The zero-order valence-corrected chi connectivity index (χ0v) is 17.0. The standard InChI is InChI=1S/C19H29N7O3/c1-18(22-17(28)11-26-7-3-6-21-26)13-19(29-12-15(18)27)4-8-25(9-5-19)10-16-23-20-14-24(16)2/h3,6-7,14-15,27H,4-5,8-13H2,1-2H3,(H,22,28)/t15-,18-/m1/s1. The molecular weight excluding hydrogens is 374 g/mol. The molecule has 10 heteroatoms. The molecule has 1 spiro atoms. The number of carbonyl (C=O) groups excluding carboxylic acids is 1. The fourth-order valence-electron chi connectivity index (χ4n) is 4.39. The van der Waals surface area contributed by atoms with Gasteiger partial charge in [-0.15, -0.1) is 10.2 Å². The highest BCUT2D eigenvalue weighted by Crippen LogP contribution is 2.39. The summed E-state index contributed by atoms with van der Waals surface area (Å²) in [6, 6.07) is 1.78. The third-order valence-corrected chi connectivity index (χ3v) is 6.20. The van der Waals surface area contributed by atoms with Crippen LogP contribution in [0.3, 0.4) is 0 Å². The van der Waals surface area contributed by atoms with Crippen molar-refractivity contribution in [1.29, 1.82) is 0 Å². The van der Waals surface area contributed by atoms with Crippen molar-refractivity contribution >= 4 is 5.91 Å². The molecule has 1 amide bonds. The molecular formula is C19H29N7O3. The minimum atomic E-state index is -0.744. The number of rotatable bonds is 5. The maximum Gasteiger partial charge on any atom is 0.242 e. The summed E-state index contributed by atoms with van der Waals surface area (Å²) in [4.78, 5) is 14.9. The summed E-state index contributed by atoms with van der Waals surface area (Å²) in [6.45, 7) is 4.78. The van der Waals surface area contributed by atoms with Gasteiger partial charge in [-0.3, -0.25) is 14.4 Å². The number of carbonyl (C=O) groups is 1. The first-order chi connectivity index (χ1) is 13.9. The number of aryl methyl sites for hydroxylation is 1. The summed E-state index contributed by atoms with van der Waals surface area (Å²) in [6.07, 6.45) is 6.64. The van der Waals surface area contributed by atoms with Crippen LogP contribution in [-0.2, 0) is 29.7 Å². The first kappa shape index (κ1) is 20.0. The van der Waals surface area contributed by atoms with Crippen molar-refractivity contribution in [3.63, 3.8) is 0 Å². The highest BCUT2D eigenvalue weighted by Gasteiger charge is 2.50. The number of hydrogen-bond donors (Lipinski definition) is 2. The number of nitrogens with zero attached hydrogens (tertiary/aromatic N) is 6. The van der Waals surface area contributed by atoms with E-state index in [1.165, 1.54) is 0 Å². The number of nitrogens with one attached hydrogen (secondary N) is 1. The lowest BCUT2D eigenvalue weighted by Crippen LogP contribution is -2.65. The first-order valence-electron chi connectivity index (χ1n) is 10.0. The predicted molar refractivity (Wildman–Crippen MR) is 104 cm³/mol. The Hall–Kier alpha value is -2.30. The summed E-state index contributed by atoms with van der Waals surface area (Å²) in [5, 5.41) is 25.8.